The fraction of sp³-hybridized carbons (Fsp3) is 0.538. The van der Waals surface area contributed by atoms with Crippen LogP contribution in [0, 0.1) is 0 Å². The average molecular weight is 257 g/mol. The first-order chi connectivity index (χ1) is 7.18. The molecule has 0 fully saturated rings. The summed E-state index contributed by atoms with van der Waals surface area (Å²) in [6.45, 7) is 10.8. The Kier molecular flexibility index (Phi) is 3.75. The van der Waals surface area contributed by atoms with Gasteiger partial charge in [-0.25, -0.2) is 0 Å². The van der Waals surface area contributed by atoms with Gasteiger partial charge in [0.25, 0.3) is 0 Å². The second kappa shape index (κ2) is 4.42. The van der Waals surface area contributed by atoms with Crippen molar-refractivity contribution in [2.75, 3.05) is 5.50 Å². The van der Waals surface area contributed by atoms with Crippen molar-refractivity contribution >= 4 is 24.9 Å². The van der Waals surface area contributed by atoms with Crippen LogP contribution in [0.15, 0.2) is 18.2 Å². The van der Waals surface area contributed by atoms with Gasteiger partial charge in [0.15, 0.2) is 0 Å². The van der Waals surface area contributed by atoms with E-state index in [4.69, 9.17) is 11.6 Å². The molecule has 0 heterocycles. The molecule has 1 nitrogen and oxygen atoms in total. The van der Waals surface area contributed by atoms with E-state index in [2.05, 4.69) is 39.9 Å². The van der Waals surface area contributed by atoms with Gasteiger partial charge in [-0.2, -0.15) is 0 Å². The Morgan fingerprint density at radius 3 is 2.25 bits per heavy atom. The van der Waals surface area contributed by atoms with Crippen molar-refractivity contribution in [3.05, 3.63) is 23.8 Å². The molecule has 1 N–H and O–H groups in total. The van der Waals surface area contributed by atoms with Crippen molar-refractivity contribution < 1.29 is 5.11 Å². The van der Waals surface area contributed by atoms with Crippen LogP contribution < -0.4 is 5.19 Å². The molecule has 0 unspecified atom stereocenters. The van der Waals surface area contributed by atoms with Gasteiger partial charge in [0.2, 0.25) is 0 Å². The molecule has 0 radical (unpaired) electrons. The summed E-state index contributed by atoms with van der Waals surface area (Å²) in [5, 5.41) is 11.2. The molecule has 0 bridgehead atoms. The highest BCUT2D eigenvalue weighted by Crippen LogP contribution is 2.29. The second-order valence-corrected chi connectivity index (χ2v) is 11.4. The summed E-state index contributed by atoms with van der Waals surface area (Å²) in [4.78, 5) is 0. The van der Waals surface area contributed by atoms with Crippen LogP contribution in [-0.4, -0.2) is 18.7 Å². The van der Waals surface area contributed by atoms with Crippen LogP contribution in [0.25, 0.3) is 0 Å². The van der Waals surface area contributed by atoms with Crippen LogP contribution in [0.4, 0.5) is 0 Å². The zero-order valence-corrected chi connectivity index (χ0v) is 12.5. The molecule has 0 spiro atoms. The third-order valence-electron chi connectivity index (χ3n) is 2.92. The first-order valence-corrected chi connectivity index (χ1v) is 9.32. The molecule has 0 aromatic heterocycles. The van der Waals surface area contributed by atoms with Crippen molar-refractivity contribution in [2.24, 2.45) is 0 Å². The molecular formula is C13H21ClOSi. The summed E-state index contributed by atoms with van der Waals surface area (Å²) in [5.41, 5.74) is 1.69. The van der Waals surface area contributed by atoms with Gasteiger partial charge in [-0.05, 0) is 17.0 Å². The lowest BCUT2D eigenvalue weighted by Crippen LogP contribution is -2.44. The minimum Gasteiger partial charge on any atom is -0.508 e. The van der Waals surface area contributed by atoms with Crippen molar-refractivity contribution in [3.8, 4) is 5.75 Å². The molecule has 0 saturated heterocycles. The SMILES string of the molecule is CC(C)(C)c1cc([Si](C)(C)CCl)ccc1O. The number of rotatable bonds is 2. The first-order valence-electron chi connectivity index (χ1n) is 5.58. The number of aromatic hydroxyl groups is 1. The van der Waals surface area contributed by atoms with Gasteiger partial charge in [-0.3, -0.25) is 0 Å². The number of hydrogen-bond acceptors (Lipinski definition) is 1. The molecule has 90 valence electrons. The van der Waals surface area contributed by atoms with Gasteiger partial charge in [-0.15, -0.1) is 11.6 Å². The van der Waals surface area contributed by atoms with Crippen molar-refractivity contribution in [2.45, 2.75) is 39.3 Å². The van der Waals surface area contributed by atoms with Crippen molar-refractivity contribution in [3.63, 3.8) is 0 Å². The monoisotopic (exact) mass is 256 g/mol. The van der Waals surface area contributed by atoms with Gasteiger partial charge in [0, 0.05) is 5.50 Å². The molecule has 16 heavy (non-hydrogen) atoms. The number of benzene rings is 1. The summed E-state index contributed by atoms with van der Waals surface area (Å²) in [6, 6.07) is 5.94. The standard InChI is InChI=1S/C13H21ClOSi/c1-13(2,3)11-8-10(6-7-12(11)15)16(4,5)9-14/h6-8,15H,9H2,1-5H3. The van der Waals surface area contributed by atoms with E-state index in [0.717, 1.165) is 5.56 Å². The lowest BCUT2D eigenvalue weighted by atomic mass is 9.86. The van der Waals surface area contributed by atoms with Crippen LogP contribution in [0.5, 0.6) is 5.75 Å². The van der Waals surface area contributed by atoms with Crippen LogP contribution >= 0.6 is 11.6 Å². The number of phenolic OH excluding ortho intramolecular Hbond substituents is 1. The first kappa shape index (κ1) is 13.6. The molecule has 1 aromatic rings. The Morgan fingerprint density at radius 1 is 1.25 bits per heavy atom. The minimum absolute atomic E-state index is 0.0309. The maximum absolute atomic E-state index is 9.89. The summed E-state index contributed by atoms with van der Waals surface area (Å²) >= 11 is 6.03. The Labute approximate surface area is 104 Å². The van der Waals surface area contributed by atoms with E-state index < -0.39 is 8.07 Å². The fourth-order valence-corrected chi connectivity index (χ4v) is 3.32. The average Bonchev–Trinajstić information content (AvgIpc) is 2.16. The predicted octanol–water partition coefficient (Wildman–Crippen LogP) is 3.38. The summed E-state index contributed by atoms with van der Waals surface area (Å²) < 4.78 is 0. The number of alkyl halides is 1. The highest BCUT2D eigenvalue weighted by atomic mass is 35.5. The van der Waals surface area contributed by atoms with E-state index >= 15 is 0 Å². The third kappa shape index (κ3) is 2.80. The van der Waals surface area contributed by atoms with Gasteiger partial charge >= 0.3 is 0 Å². The molecule has 0 aliphatic rings. The molecule has 0 atom stereocenters. The van der Waals surface area contributed by atoms with E-state index in [-0.39, 0.29) is 5.41 Å². The molecule has 0 aliphatic carbocycles. The van der Waals surface area contributed by atoms with E-state index in [1.165, 1.54) is 5.19 Å². The molecule has 3 heteroatoms. The highest BCUT2D eigenvalue weighted by Gasteiger charge is 2.25. The van der Waals surface area contributed by atoms with Gasteiger partial charge < -0.3 is 5.11 Å². The van der Waals surface area contributed by atoms with Gasteiger partial charge in [0.05, 0.1) is 8.07 Å². The van der Waals surface area contributed by atoms with Crippen LogP contribution in [-0.2, 0) is 5.41 Å². The quantitative estimate of drug-likeness (QED) is 0.635. The second-order valence-electron chi connectivity index (χ2n) is 6.00. The Morgan fingerprint density at radius 2 is 1.81 bits per heavy atom. The molecule has 0 aliphatic heterocycles. The summed E-state index contributed by atoms with van der Waals surface area (Å²) in [5.74, 6) is 0.385. The topological polar surface area (TPSA) is 20.2 Å². The largest absolute Gasteiger partial charge is 0.508 e. The molecule has 0 saturated carbocycles. The minimum atomic E-state index is -1.53. The lowest BCUT2D eigenvalue weighted by Gasteiger charge is -2.25. The van der Waals surface area contributed by atoms with Crippen molar-refractivity contribution in [1.29, 1.82) is 0 Å². The number of phenols is 1. The predicted molar refractivity (Wildman–Crippen MR) is 74.6 cm³/mol. The number of halogens is 1. The van der Waals surface area contributed by atoms with E-state index in [9.17, 15) is 5.11 Å². The third-order valence-corrected chi connectivity index (χ3v) is 7.47. The maximum Gasteiger partial charge on any atom is 0.119 e. The summed E-state index contributed by atoms with van der Waals surface area (Å²) in [6.07, 6.45) is 0. The van der Waals surface area contributed by atoms with E-state index in [1.807, 2.05) is 6.07 Å². The van der Waals surface area contributed by atoms with Crippen LogP contribution in [0.2, 0.25) is 13.1 Å². The zero-order valence-electron chi connectivity index (χ0n) is 10.8. The van der Waals surface area contributed by atoms with Crippen LogP contribution in [0.3, 0.4) is 0 Å². The molecule has 1 aromatic carbocycles. The Hall–Kier alpha value is -0.473. The van der Waals surface area contributed by atoms with Crippen molar-refractivity contribution in [1.82, 2.24) is 0 Å². The fourth-order valence-electron chi connectivity index (χ4n) is 1.63. The van der Waals surface area contributed by atoms with E-state index in [0.29, 0.717) is 11.3 Å². The normalized spacial score (nSPS) is 12.9. The highest BCUT2D eigenvalue weighted by molar-refractivity contribution is 6.94. The maximum atomic E-state index is 9.89. The molecule has 0 amide bonds. The van der Waals surface area contributed by atoms with E-state index in [1.54, 1.807) is 6.07 Å². The van der Waals surface area contributed by atoms with Gasteiger partial charge in [-0.1, -0.05) is 51.2 Å². The molecular weight excluding hydrogens is 236 g/mol. The summed E-state index contributed by atoms with van der Waals surface area (Å²) in [7, 11) is -1.53. The van der Waals surface area contributed by atoms with Crippen LogP contribution in [0.1, 0.15) is 26.3 Å². The zero-order chi connectivity index (χ0) is 12.6. The number of hydrogen-bond donors (Lipinski definition) is 1. The Balaban J connectivity index is 3.29. The molecule has 1 rings (SSSR count). The van der Waals surface area contributed by atoms with Gasteiger partial charge in [0.1, 0.15) is 5.75 Å². The Bertz CT molecular complexity index is 380. The smallest absolute Gasteiger partial charge is 0.119 e. The lowest BCUT2D eigenvalue weighted by molar-refractivity contribution is 0.447.